The normalized spacial score (nSPS) is 17.0. The molecule has 0 saturated carbocycles. The Morgan fingerprint density at radius 1 is 1.26 bits per heavy atom. The highest BCUT2D eigenvalue weighted by molar-refractivity contribution is 5.27. The molecule has 7 nitrogen and oxygen atoms in total. The minimum Gasteiger partial charge on any atom is -0.486 e. The monoisotopic (exact) mass is 365 g/mol. The lowest BCUT2D eigenvalue weighted by molar-refractivity contribution is 0.0762. The topological polar surface area (TPSA) is 74.1 Å². The zero-order valence-corrected chi connectivity index (χ0v) is 15.3. The van der Waals surface area contributed by atoms with Gasteiger partial charge in [0, 0.05) is 25.2 Å². The van der Waals surface area contributed by atoms with Gasteiger partial charge in [-0.3, -0.25) is 0 Å². The van der Waals surface area contributed by atoms with Crippen LogP contribution in [0.4, 0.5) is 0 Å². The molecular weight excluding hydrogens is 342 g/mol. The molecule has 1 saturated heterocycles. The third kappa shape index (κ3) is 4.50. The highest BCUT2D eigenvalue weighted by Gasteiger charge is 2.20. The minimum absolute atomic E-state index is 0.217. The summed E-state index contributed by atoms with van der Waals surface area (Å²) in [6.07, 6.45) is 2.51. The van der Waals surface area contributed by atoms with Gasteiger partial charge in [0.2, 0.25) is 0 Å². The highest BCUT2D eigenvalue weighted by Crippen LogP contribution is 2.14. The first kappa shape index (κ1) is 17.6. The van der Waals surface area contributed by atoms with E-state index in [9.17, 15) is 0 Å². The van der Waals surface area contributed by atoms with Gasteiger partial charge in [0.05, 0.1) is 13.2 Å². The molecule has 0 radical (unpaired) electrons. The fraction of sp³-hybridized carbons (Fsp3) is 0.350. The third-order valence-corrected chi connectivity index (χ3v) is 4.37. The lowest BCUT2D eigenvalue weighted by Crippen LogP contribution is -2.43. The van der Waals surface area contributed by atoms with Gasteiger partial charge in [-0.15, -0.1) is 5.10 Å². The van der Waals surface area contributed by atoms with E-state index in [2.05, 4.69) is 15.4 Å². The number of ether oxygens (including phenoxy) is 2. The number of hydrogen-bond acceptors (Lipinski definition) is 6. The lowest BCUT2D eigenvalue weighted by Gasteiger charge is -2.23. The van der Waals surface area contributed by atoms with Crippen molar-refractivity contribution < 1.29 is 9.47 Å². The predicted octanol–water partition coefficient (Wildman–Crippen LogP) is 2.08. The van der Waals surface area contributed by atoms with Crippen LogP contribution in [0.25, 0.3) is 5.82 Å². The summed E-state index contributed by atoms with van der Waals surface area (Å²) in [5.41, 5.74) is 1.13. The maximum Gasteiger partial charge on any atom is 0.188 e. The summed E-state index contributed by atoms with van der Waals surface area (Å²) in [5, 5.41) is 8.12. The largest absolute Gasteiger partial charge is 0.486 e. The van der Waals surface area contributed by atoms with Crippen molar-refractivity contribution in [3.8, 4) is 11.6 Å². The molecule has 27 heavy (non-hydrogen) atoms. The van der Waals surface area contributed by atoms with Gasteiger partial charge in [-0.1, -0.05) is 18.2 Å². The van der Waals surface area contributed by atoms with Crippen molar-refractivity contribution in [3.63, 3.8) is 0 Å². The Kier molecular flexibility index (Phi) is 5.41. The van der Waals surface area contributed by atoms with E-state index < -0.39 is 0 Å². The second kappa shape index (κ2) is 8.28. The number of pyridine rings is 1. The first-order chi connectivity index (χ1) is 13.3. The average Bonchev–Trinajstić information content (AvgIpc) is 3.11. The molecule has 3 aromatic rings. The number of hydrogen-bond donors (Lipinski definition) is 1. The predicted molar refractivity (Wildman–Crippen MR) is 101 cm³/mol. The Hall–Kier alpha value is -2.77. The molecule has 2 aromatic heterocycles. The molecule has 1 aliphatic heterocycles. The fourth-order valence-corrected chi connectivity index (χ4v) is 3.04. The quantitative estimate of drug-likeness (QED) is 0.721. The van der Waals surface area contributed by atoms with E-state index in [-0.39, 0.29) is 6.04 Å². The number of nitrogens with zero attached hydrogens (tertiary/aromatic N) is 4. The highest BCUT2D eigenvalue weighted by atomic mass is 16.5. The van der Waals surface area contributed by atoms with E-state index in [1.54, 1.807) is 6.20 Å². The molecule has 1 atom stereocenters. The standard InChI is InChI=1S/C20H23N5O2/c1-15-7-8-22-19(11-15)25-20(12-16-13-26-10-9-21-16)23-18(24-25)14-27-17-5-3-2-4-6-17/h2-8,11,16,21H,9-10,12-14H2,1H3. The molecule has 1 unspecified atom stereocenters. The summed E-state index contributed by atoms with van der Waals surface area (Å²) < 4.78 is 13.2. The number of nitrogens with one attached hydrogen (secondary N) is 1. The molecule has 7 heteroatoms. The molecule has 3 heterocycles. The molecule has 0 spiro atoms. The van der Waals surface area contributed by atoms with Crippen molar-refractivity contribution in [1.82, 2.24) is 25.1 Å². The molecule has 1 N–H and O–H groups in total. The van der Waals surface area contributed by atoms with Crippen molar-refractivity contribution in [2.75, 3.05) is 19.8 Å². The number of aromatic nitrogens is 4. The zero-order chi connectivity index (χ0) is 18.5. The molecule has 4 rings (SSSR count). The number of morpholine rings is 1. The van der Waals surface area contributed by atoms with Crippen molar-refractivity contribution in [2.45, 2.75) is 26.0 Å². The summed E-state index contributed by atoms with van der Waals surface area (Å²) in [7, 11) is 0. The van der Waals surface area contributed by atoms with Gasteiger partial charge in [0.1, 0.15) is 18.2 Å². The molecule has 1 aliphatic rings. The Labute approximate surface area is 158 Å². The maximum absolute atomic E-state index is 5.81. The molecule has 0 bridgehead atoms. The first-order valence-corrected chi connectivity index (χ1v) is 9.15. The first-order valence-electron chi connectivity index (χ1n) is 9.15. The van der Waals surface area contributed by atoms with Crippen LogP contribution in [0, 0.1) is 6.92 Å². The Morgan fingerprint density at radius 3 is 2.93 bits per heavy atom. The molecular formula is C20H23N5O2. The fourth-order valence-electron chi connectivity index (χ4n) is 3.04. The second-order valence-electron chi connectivity index (χ2n) is 6.58. The minimum atomic E-state index is 0.217. The number of para-hydroxylation sites is 1. The van der Waals surface area contributed by atoms with Crippen LogP contribution in [0.3, 0.4) is 0 Å². The van der Waals surface area contributed by atoms with E-state index in [4.69, 9.17) is 14.5 Å². The van der Waals surface area contributed by atoms with Crippen LogP contribution in [-0.4, -0.2) is 45.5 Å². The number of aryl methyl sites for hydroxylation is 1. The number of rotatable bonds is 6. The van der Waals surface area contributed by atoms with E-state index in [0.29, 0.717) is 25.5 Å². The van der Waals surface area contributed by atoms with Gasteiger partial charge < -0.3 is 14.8 Å². The Morgan fingerprint density at radius 2 is 2.15 bits per heavy atom. The van der Waals surface area contributed by atoms with E-state index in [1.165, 1.54) is 0 Å². The number of benzene rings is 1. The SMILES string of the molecule is Cc1ccnc(-n2nc(COc3ccccc3)nc2CC2COCCN2)c1. The summed E-state index contributed by atoms with van der Waals surface area (Å²) in [4.78, 5) is 9.18. The van der Waals surface area contributed by atoms with Crippen LogP contribution in [0.1, 0.15) is 17.2 Å². The van der Waals surface area contributed by atoms with Gasteiger partial charge in [-0.25, -0.2) is 9.97 Å². The lowest BCUT2D eigenvalue weighted by atomic mass is 10.2. The molecule has 0 amide bonds. The van der Waals surface area contributed by atoms with Crippen LogP contribution >= 0.6 is 0 Å². The van der Waals surface area contributed by atoms with Gasteiger partial charge in [0.15, 0.2) is 11.6 Å². The van der Waals surface area contributed by atoms with Gasteiger partial charge >= 0.3 is 0 Å². The van der Waals surface area contributed by atoms with Crippen molar-refractivity contribution >= 4 is 0 Å². The van der Waals surface area contributed by atoms with Crippen molar-refractivity contribution in [1.29, 1.82) is 0 Å². The Bertz CT molecular complexity index is 875. The zero-order valence-electron chi connectivity index (χ0n) is 15.3. The van der Waals surface area contributed by atoms with Crippen molar-refractivity contribution in [2.24, 2.45) is 0 Å². The second-order valence-corrected chi connectivity index (χ2v) is 6.58. The summed E-state index contributed by atoms with van der Waals surface area (Å²) in [6, 6.07) is 13.9. The van der Waals surface area contributed by atoms with Gasteiger partial charge in [0.25, 0.3) is 0 Å². The molecule has 0 aliphatic carbocycles. The van der Waals surface area contributed by atoms with Crippen LogP contribution in [0.5, 0.6) is 5.75 Å². The third-order valence-electron chi connectivity index (χ3n) is 4.37. The van der Waals surface area contributed by atoms with Gasteiger partial charge in [-0.05, 0) is 36.8 Å². The molecule has 140 valence electrons. The van der Waals surface area contributed by atoms with Crippen LogP contribution in [0.2, 0.25) is 0 Å². The van der Waals surface area contributed by atoms with Crippen LogP contribution in [-0.2, 0) is 17.8 Å². The van der Waals surface area contributed by atoms with E-state index >= 15 is 0 Å². The van der Waals surface area contributed by atoms with Gasteiger partial charge in [-0.2, -0.15) is 4.68 Å². The summed E-state index contributed by atoms with van der Waals surface area (Å²) in [5.74, 6) is 3.04. The average molecular weight is 365 g/mol. The maximum atomic E-state index is 5.81. The van der Waals surface area contributed by atoms with E-state index in [0.717, 1.165) is 36.1 Å². The Balaban J connectivity index is 1.57. The summed E-state index contributed by atoms with van der Waals surface area (Å²) in [6.45, 7) is 4.62. The molecule has 1 fully saturated rings. The molecule has 1 aromatic carbocycles. The van der Waals surface area contributed by atoms with Crippen molar-refractivity contribution in [3.05, 3.63) is 65.9 Å². The smallest absolute Gasteiger partial charge is 0.188 e. The van der Waals surface area contributed by atoms with E-state index in [1.807, 2.05) is 54.1 Å². The summed E-state index contributed by atoms with van der Waals surface area (Å²) >= 11 is 0. The van der Waals surface area contributed by atoms with Crippen LogP contribution < -0.4 is 10.1 Å². The van der Waals surface area contributed by atoms with Crippen LogP contribution in [0.15, 0.2) is 48.7 Å².